The molecule has 0 bridgehead atoms. The number of hydrogen-bond donors (Lipinski definition) is 0. The van der Waals surface area contributed by atoms with Gasteiger partial charge in [-0.2, -0.15) is 0 Å². The molecule has 1 aromatic carbocycles. The number of thioether (sulfide) groups is 1. The van der Waals surface area contributed by atoms with Gasteiger partial charge in [0.2, 0.25) is 0 Å². The molecule has 0 amide bonds. The fourth-order valence-corrected chi connectivity index (χ4v) is 3.83. The summed E-state index contributed by atoms with van der Waals surface area (Å²) in [5, 5.41) is 1.32. The molecule has 0 unspecified atom stereocenters. The Bertz CT molecular complexity index is 449. The molecule has 0 radical (unpaired) electrons. The summed E-state index contributed by atoms with van der Waals surface area (Å²) in [4.78, 5) is 4.76. The Kier molecular flexibility index (Phi) is 2.22. The highest BCUT2D eigenvalue weighted by Gasteiger charge is 2.47. The first kappa shape index (κ1) is 9.91. The Balaban J connectivity index is 2.16. The smallest absolute Gasteiger partial charge is 0.0842 e. The fraction of sp³-hybridized carbons (Fsp3) is 0.417. The molecule has 1 heterocycles. The molecule has 1 aliphatic carbocycles. The lowest BCUT2D eigenvalue weighted by Gasteiger charge is -2.39. The van der Waals surface area contributed by atoms with Crippen molar-refractivity contribution in [3.8, 4) is 0 Å². The van der Waals surface area contributed by atoms with E-state index in [1.165, 1.54) is 35.6 Å². The highest BCUT2D eigenvalue weighted by Crippen LogP contribution is 2.54. The van der Waals surface area contributed by atoms with Gasteiger partial charge in [-0.05, 0) is 36.8 Å². The summed E-state index contributed by atoms with van der Waals surface area (Å²) in [5.41, 5.74) is 2.92. The lowest BCUT2D eigenvalue weighted by molar-refractivity contribution is 0.351. The number of rotatable bonds is 0. The molecule has 0 saturated heterocycles. The molecule has 1 spiro atoms. The van der Waals surface area contributed by atoms with Crippen molar-refractivity contribution in [3.05, 3.63) is 28.2 Å². The molecular formula is C12H12BrNS. The number of benzene rings is 1. The lowest BCUT2D eigenvalue weighted by atomic mass is 9.66. The molecule has 78 valence electrons. The number of aliphatic imine (C=N–C) groups is 1. The first-order valence-electron chi connectivity index (χ1n) is 5.19. The van der Waals surface area contributed by atoms with Gasteiger partial charge in [-0.1, -0.05) is 28.4 Å². The fourth-order valence-electron chi connectivity index (χ4n) is 2.59. The molecule has 1 aliphatic heterocycles. The van der Waals surface area contributed by atoms with E-state index in [2.05, 4.69) is 40.4 Å². The van der Waals surface area contributed by atoms with Crippen LogP contribution in [0.2, 0.25) is 0 Å². The van der Waals surface area contributed by atoms with Gasteiger partial charge in [0.1, 0.15) is 0 Å². The summed E-state index contributed by atoms with van der Waals surface area (Å²) in [7, 11) is 0. The summed E-state index contributed by atoms with van der Waals surface area (Å²) >= 11 is 5.32. The quantitative estimate of drug-likeness (QED) is 0.692. The topological polar surface area (TPSA) is 12.4 Å². The third-order valence-corrected chi connectivity index (χ3v) is 4.87. The second kappa shape index (κ2) is 3.36. The van der Waals surface area contributed by atoms with Gasteiger partial charge in [0, 0.05) is 9.89 Å². The zero-order chi connectivity index (χ0) is 10.5. The third kappa shape index (κ3) is 1.26. The van der Waals surface area contributed by atoms with Gasteiger partial charge in [0.05, 0.1) is 10.7 Å². The van der Waals surface area contributed by atoms with Crippen LogP contribution in [-0.4, -0.2) is 11.3 Å². The second-order valence-electron chi connectivity index (χ2n) is 4.22. The predicted octanol–water partition coefficient (Wildman–Crippen LogP) is 4.28. The zero-order valence-corrected chi connectivity index (χ0v) is 11.0. The number of fused-ring (bicyclic) bond motifs is 2. The molecule has 15 heavy (non-hydrogen) atoms. The maximum atomic E-state index is 4.76. The van der Waals surface area contributed by atoms with E-state index < -0.39 is 0 Å². The minimum atomic E-state index is 0.301. The van der Waals surface area contributed by atoms with E-state index >= 15 is 0 Å². The van der Waals surface area contributed by atoms with E-state index in [-0.39, 0.29) is 0 Å². The molecule has 0 N–H and O–H groups in total. The van der Waals surface area contributed by atoms with Gasteiger partial charge in [0.25, 0.3) is 0 Å². The highest BCUT2D eigenvalue weighted by molar-refractivity contribution is 9.10. The Labute approximate surface area is 102 Å². The zero-order valence-electron chi connectivity index (χ0n) is 8.59. The van der Waals surface area contributed by atoms with E-state index in [0.717, 1.165) is 4.47 Å². The van der Waals surface area contributed by atoms with E-state index in [1.807, 2.05) is 11.8 Å². The van der Waals surface area contributed by atoms with E-state index in [1.54, 1.807) is 0 Å². The molecule has 1 nitrogen and oxygen atoms in total. The number of hydrogen-bond acceptors (Lipinski definition) is 2. The Morgan fingerprint density at radius 2 is 2.20 bits per heavy atom. The number of nitrogens with zero attached hydrogens (tertiary/aromatic N) is 1. The summed E-state index contributed by atoms with van der Waals surface area (Å²) in [6, 6.07) is 6.52. The van der Waals surface area contributed by atoms with Crippen molar-refractivity contribution < 1.29 is 0 Å². The van der Waals surface area contributed by atoms with Crippen LogP contribution in [0.5, 0.6) is 0 Å². The maximum Gasteiger partial charge on any atom is 0.0842 e. The maximum absolute atomic E-state index is 4.76. The first-order chi connectivity index (χ1) is 7.26. The Hall–Kier alpha value is -0.280. The van der Waals surface area contributed by atoms with Crippen LogP contribution in [0.1, 0.15) is 24.8 Å². The van der Waals surface area contributed by atoms with Crippen molar-refractivity contribution in [2.45, 2.75) is 24.7 Å². The van der Waals surface area contributed by atoms with Crippen molar-refractivity contribution in [1.82, 2.24) is 0 Å². The molecule has 0 aromatic heterocycles. The van der Waals surface area contributed by atoms with Crippen LogP contribution in [0.3, 0.4) is 0 Å². The van der Waals surface area contributed by atoms with Gasteiger partial charge in [-0.3, -0.25) is 0 Å². The summed E-state index contributed by atoms with van der Waals surface area (Å²) in [6.45, 7) is 0. The molecule has 0 atom stereocenters. The van der Waals surface area contributed by atoms with Crippen molar-refractivity contribution in [3.63, 3.8) is 0 Å². The van der Waals surface area contributed by atoms with Crippen LogP contribution < -0.4 is 0 Å². The summed E-state index contributed by atoms with van der Waals surface area (Å²) < 4.78 is 1.13. The molecule has 3 heteroatoms. The Morgan fingerprint density at radius 1 is 1.40 bits per heavy atom. The Morgan fingerprint density at radius 3 is 2.80 bits per heavy atom. The van der Waals surface area contributed by atoms with Crippen molar-refractivity contribution in [1.29, 1.82) is 0 Å². The van der Waals surface area contributed by atoms with Gasteiger partial charge in [-0.15, -0.1) is 11.8 Å². The van der Waals surface area contributed by atoms with Crippen LogP contribution in [0.25, 0.3) is 0 Å². The van der Waals surface area contributed by atoms with Crippen LogP contribution >= 0.6 is 27.7 Å². The third-order valence-electron chi connectivity index (χ3n) is 3.51. The van der Waals surface area contributed by atoms with Gasteiger partial charge < -0.3 is 0 Å². The van der Waals surface area contributed by atoms with Crippen LogP contribution in [0.15, 0.2) is 27.7 Å². The molecular weight excluding hydrogens is 270 g/mol. The molecule has 1 aromatic rings. The van der Waals surface area contributed by atoms with Gasteiger partial charge >= 0.3 is 0 Å². The minimum absolute atomic E-state index is 0.301. The second-order valence-corrected chi connectivity index (χ2v) is 5.93. The predicted molar refractivity (Wildman–Crippen MR) is 70.3 cm³/mol. The van der Waals surface area contributed by atoms with Crippen LogP contribution in [0.4, 0.5) is 5.69 Å². The van der Waals surface area contributed by atoms with Crippen LogP contribution in [0, 0.1) is 0 Å². The summed E-state index contributed by atoms with van der Waals surface area (Å²) in [5.74, 6) is 0. The molecule has 3 rings (SSSR count). The van der Waals surface area contributed by atoms with Crippen molar-refractivity contribution in [2.75, 3.05) is 6.26 Å². The average molecular weight is 282 g/mol. The molecule has 1 fully saturated rings. The standard InChI is InChI=1S/C12H12BrNS/c1-15-11-12(5-2-6-12)9-4-3-8(13)7-10(9)14-11/h3-4,7H,2,5-6H2,1H3. The SMILES string of the molecule is CSC1=Nc2cc(Br)ccc2C12CCC2. The summed E-state index contributed by atoms with van der Waals surface area (Å²) in [6.07, 6.45) is 6.04. The van der Waals surface area contributed by atoms with Gasteiger partial charge in [-0.25, -0.2) is 4.99 Å². The lowest BCUT2D eigenvalue weighted by Crippen LogP contribution is -2.38. The van der Waals surface area contributed by atoms with Gasteiger partial charge in [0.15, 0.2) is 0 Å². The van der Waals surface area contributed by atoms with Crippen LogP contribution in [-0.2, 0) is 5.41 Å². The van der Waals surface area contributed by atoms with Crippen molar-refractivity contribution in [2.24, 2.45) is 4.99 Å². The van der Waals surface area contributed by atoms with E-state index in [4.69, 9.17) is 4.99 Å². The monoisotopic (exact) mass is 281 g/mol. The first-order valence-corrected chi connectivity index (χ1v) is 7.21. The molecule has 1 saturated carbocycles. The highest BCUT2D eigenvalue weighted by atomic mass is 79.9. The molecule has 2 aliphatic rings. The number of halogens is 1. The average Bonchev–Trinajstić information content (AvgIpc) is 2.49. The minimum Gasteiger partial charge on any atom is -0.245 e. The normalized spacial score (nSPS) is 21.1. The van der Waals surface area contributed by atoms with E-state index in [9.17, 15) is 0 Å². The largest absolute Gasteiger partial charge is 0.245 e. The van der Waals surface area contributed by atoms with E-state index in [0.29, 0.717) is 5.41 Å². The van der Waals surface area contributed by atoms with Crippen molar-refractivity contribution >= 4 is 38.4 Å².